The molecule has 0 spiro atoms. The monoisotopic (exact) mass is 532 g/mol. The Morgan fingerprint density at radius 2 is 1.71 bits per heavy atom. The number of methoxy groups -OCH3 is 1. The summed E-state index contributed by atoms with van der Waals surface area (Å²) in [5, 5.41) is 2.45. The second-order valence-electron chi connectivity index (χ2n) is 6.88. The number of alkyl halides is 3. The number of hydrogen-bond acceptors (Lipinski definition) is 4. The molecule has 1 N–H and O–H groups in total. The van der Waals surface area contributed by atoms with Crippen LogP contribution in [0.1, 0.15) is 5.56 Å². The van der Waals surface area contributed by atoms with Crippen LogP contribution in [0.3, 0.4) is 0 Å². The molecule has 1 amide bonds. The molecule has 12 heteroatoms. The van der Waals surface area contributed by atoms with E-state index >= 15 is 0 Å². The van der Waals surface area contributed by atoms with Gasteiger partial charge in [0.2, 0.25) is 5.91 Å². The zero-order chi connectivity index (χ0) is 25.1. The summed E-state index contributed by atoms with van der Waals surface area (Å²) in [5.41, 5.74) is -1.49. The van der Waals surface area contributed by atoms with Gasteiger partial charge in [0.05, 0.1) is 34.0 Å². The minimum atomic E-state index is -4.77. The molecule has 180 valence electrons. The molecule has 0 saturated heterocycles. The molecule has 0 aromatic heterocycles. The maximum Gasteiger partial charge on any atom is 0.416 e. The number of hydrogen-bond donors (Lipinski definition) is 1. The average molecular weight is 533 g/mol. The first-order valence-corrected chi connectivity index (χ1v) is 11.7. The summed E-state index contributed by atoms with van der Waals surface area (Å²) < 4.78 is 72.4. The van der Waals surface area contributed by atoms with Crippen LogP contribution in [-0.4, -0.2) is 28.0 Å². The number of carbonyl (C=O) groups excluding carboxylic acids is 1. The number of nitrogens with one attached hydrogen (secondary N) is 1. The molecule has 0 aliphatic carbocycles. The van der Waals surface area contributed by atoms with E-state index < -0.39 is 39.9 Å². The third-order valence-corrected chi connectivity index (χ3v) is 6.92. The molecule has 0 bridgehead atoms. The van der Waals surface area contributed by atoms with Gasteiger partial charge in [-0.25, -0.2) is 8.42 Å². The fraction of sp³-hybridized carbons (Fsp3) is 0.136. The number of halogens is 5. The van der Waals surface area contributed by atoms with Crippen molar-refractivity contribution >= 4 is 50.5 Å². The SMILES string of the molecule is COc1ccc(Cl)cc1NC(=O)CN(c1cc(C(F)(F)F)ccc1Cl)S(=O)(=O)c1ccccc1. The van der Waals surface area contributed by atoms with Crippen LogP contribution < -0.4 is 14.4 Å². The second-order valence-corrected chi connectivity index (χ2v) is 9.59. The van der Waals surface area contributed by atoms with Crippen molar-refractivity contribution in [2.24, 2.45) is 0 Å². The number of anilines is 2. The van der Waals surface area contributed by atoms with Crippen LogP contribution in [0.25, 0.3) is 0 Å². The molecule has 0 heterocycles. The first-order valence-electron chi connectivity index (χ1n) is 9.51. The number of amides is 1. The lowest BCUT2D eigenvalue weighted by Gasteiger charge is -2.26. The Balaban J connectivity index is 2.07. The lowest BCUT2D eigenvalue weighted by atomic mass is 10.2. The van der Waals surface area contributed by atoms with Crippen LogP contribution in [0, 0.1) is 0 Å². The van der Waals surface area contributed by atoms with E-state index in [1.807, 2.05) is 0 Å². The number of benzene rings is 3. The molecule has 3 aromatic carbocycles. The Labute approximate surface area is 203 Å². The quantitative estimate of drug-likeness (QED) is 0.413. The van der Waals surface area contributed by atoms with E-state index in [2.05, 4.69) is 5.32 Å². The highest BCUT2D eigenvalue weighted by Crippen LogP contribution is 2.37. The summed E-state index contributed by atoms with van der Waals surface area (Å²) in [7, 11) is -3.13. The number of sulfonamides is 1. The number of rotatable bonds is 7. The van der Waals surface area contributed by atoms with Gasteiger partial charge < -0.3 is 10.1 Å². The van der Waals surface area contributed by atoms with Crippen molar-refractivity contribution in [3.8, 4) is 5.75 Å². The van der Waals surface area contributed by atoms with E-state index in [1.54, 1.807) is 6.07 Å². The third-order valence-electron chi connectivity index (χ3n) is 4.60. The Hall–Kier alpha value is -2.95. The fourth-order valence-electron chi connectivity index (χ4n) is 3.00. The van der Waals surface area contributed by atoms with Crippen molar-refractivity contribution in [2.75, 3.05) is 23.3 Å². The van der Waals surface area contributed by atoms with Crippen LogP contribution in [0.4, 0.5) is 24.5 Å². The van der Waals surface area contributed by atoms with Gasteiger partial charge in [0.15, 0.2) is 0 Å². The van der Waals surface area contributed by atoms with E-state index in [4.69, 9.17) is 27.9 Å². The third kappa shape index (κ3) is 5.75. The van der Waals surface area contributed by atoms with Gasteiger partial charge >= 0.3 is 6.18 Å². The molecule has 6 nitrogen and oxygen atoms in total. The minimum absolute atomic E-state index is 0.146. The molecule has 0 aliphatic rings. The van der Waals surface area contributed by atoms with Crippen molar-refractivity contribution in [1.82, 2.24) is 0 Å². The normalized spacial score (nSPS) is 11.7. The predicted octanol–water partition coefficient (Wildman–Crippen LogP) is 5.85. The largest absolute Gasteiger partial charge is 0.495 e. The Bertz CT molecular complexity index is 1300. The molecule has 34 heavy (non-hydrogen) atoms. The number of carbonyl (C=O) groups is 1. The number of ether oxygens (including phenoxy) is 1. The van der Waals surface area contributed by atoms with Crippen molar-refractivity contribution in [3.05, 3.63) is 82.3 Å². The van der Waals surface area contributed by atoms with Gasteiger partial charge in [0.1, 0.15) is 12.3 Å². The van der Waals surface area contributed by atoms with Gasteiger partial charge in [-0.1, -0.05) is 41.4 Å². The molecule has 0 radical (unpaired) electrons. The molecule has 3 aromatic rings. The lowest BCUT2D eigenvalue weighted by Crippen LogP contribution is -2.38. The van der Waals surface area contributed by atoms with Gasteiger partial charge in [-0.3, -0.25) is 9.10 Å². The van der Waals surface area contributed by atoms with Crippen LogP contribution in [0.15, 0.2) is 71.6 Å². The highest BCUT2D eigenvalue weighted by molar-refractivity contribution is 7.92. The molecule has 0 fully saturated rings. The van der Waals surface area contributed by atoms with Crippen molar-refractivity contribution < 1.29 is 31.1 Å². The standard InChI is InChI=1S/C22H17Cl2F3N2O4S/c1-33-20-10-8-15(23)12-18(20)28-21(30)13-29(34(31,32)16-5-3-2-4-6-16)19-11-14(22(25,26)27)7-9-17(19)24/h2-12H,13H2,1H3,(H,28,30). The molecule has 0 aliphatic heterocycles. The Morgan fingerprint density at radius 3 is 2.32 bits per heavy atom. The van der Waals surface area contributed by atoms with Gasteiger partial charge in [0, 0.05) is 5.02 Å². The minimum Gasteiger partial charge on any atom is -0.495 e. The summed E-state index contributed by atoms with van der Waals surface area (Å²) in [6.45, 7) is -0.881. The molecule has 3 rings (SSSR count). The highest BCUT2D eigenvalue weighted by atomic mass is 35.5. The topological polar surface area (TPSA) is 75.7 Å². The van der Waals surface area contributed by atoms with Crippen LogP contribution in [0.5, 0.6) is 5.75 Å². The van der Waals surface area contributed by atoms with Gasteiger partial charge in [-0.2, -0.15) is 13.2 Å². The van der Waals surface area contributed by atoms with Crippen LogP contribution in [0.2, 0.25) is 10.0 Å². The summed E-state index contributed by atoms with van der Waals surface area (Å²) in [5.74, 6) is -0.624. The Kier molecular flexibility index (Phi) is 7.64. The smallest absolute Gasteiger partial charge is 0.416 e. The molecule has 0 unspecified atom stereocenters. The summed E-state index contributed by atoms with van der Waals surface area (Å²) in [6, 6.07) is 13.6. The average Bonchev–Trinajstić information content (AvgIpc) is 2.78. The van der Waals surface area contributed by atoms with Gasteiger partial charge in [0.25, 0.3) is 10.0 Å². The Morgan fingerprint density at radius 1 is 1.03 bits per heavy atom. The summed E-state index contributed by atoms with van der Waals surface area (Å²) in [6.07, 6.45) is -4.77. The van der Waals surface area contributed by atoms with Gasteiger partial charge in [-0.05, 0) is 48.5 Å². The van der Waals surface area contributed by atoms with Crippen molar-refractivity contribution in [1.29, 1.82) is 0 Å². The van der Waals surface area contributed by atoms with Crippen LogP contribution >= 0.6 is 23.2 Å². The van der Waals surface area contributed by atoms with Crippen LogP contribution in [-0.2, 0) is 21.0 Å². The molecular weight excluding hydrogens is 516 g/mol. The number of nitrogens with zero attached hydrogens (tertiary/aromatic N) is 1. The molecular formula is C22H17Cl2F3N2O4S. The van der Waals surface area contributed by atoms with Crippen molar-refractivity contribution in [3.63, 3.8) is 0 Å². The van der Waals surface area contributed by atoms with E-state index in [0.29, 0.717) is 10.4 Å². The van der Waals surface area contributed by atoms with Crippen molar-refractivity contribution in [2.45, 2.75) is 11.1 Å². The van der Waals surface area contributed by atoms with E-state index in [1.165, 1.54) is 49.6 Å². The maximum atomic E-state index is 13.4. The summed E-state index contributed by atoms with van der Waals surface area (Å²) >= 11 is 12.1. The first-order chi connectivity index (χ1) is 15.9. The lowest BCUT2D eigenvalue weighted by molar-refractivity contribution is -0.137. The fourth-order valence-corrected chi connectivity index (χ4v) is 4.89. The summed E-state index contributed by atoms with van der Waals surface area (Å²) in [4.78, 5) is 12.6. The van der Waals surface area contributed by atoms with Gasteiger partial charge in [-0.15, -0.1) is 0 Å². The zero-order valence-electron chi connectivity index (χ0n) is 17.4. The van der Waals surface area contributed by atoms with E-state index in [0.717, 1.165) is 12.1 Å². The second kappa shape index (κ2) is 10.1. The van der Waals surface area contributed by atoms with E-state index in [9.17, 15) is 26.4 Å². The highest BCUT2D eigenvalue weighted by Gasteiger charge is 2.34. The molecule has 0 atom stereocenters. The molecule has 0 saturated carbocycles. The zero-order valence-corrected chi connectivity index (χ0v) is 19.8. The predicted molar refractivity (Wildman–Crippen MR) is 124 cm³/mol. The van der Waals surface area contributed by atoms with E-state index in [-0.39, 0.29) is 26.4 Å². The first kappa shape index (κ1) is 25.7. The maximum absolute atomic E-state index is 13.4.